The van der Waals surface area contributed by atoms with Gasteiger partial charge < -0.3 is 89.3 Å². The first-order valence-corrected chi connectivity index (χ1v) is 16.5. The molecule has 16 unspecified atom stereocenters. The second-order valence-electron chi connectivity index (χ2n) is 13.1. The summed E-state index contributed by atoms with van der Waals surface area (Å²) in [5.74, 6) is -1.04. The molecule has 0 bridgehead atoms. The molecule has 0 amide bonds. The predicted molar refractivity (Wildman–Crippen MR) is 167 cm³/mol. The number of carbonyl (C=O) groups excluding carboxylic acids is 1. The van der Waals surface area contributed by atoms with E-state index in [1.165, 1.54) is 25.1 Å². The van der Waals surface area contributed by atoms with Gasteiger partial charge in [0.2, 0.25) is 12.6 Å². The Bertz CT molecular complexity index is 1540. The maximum atomic E-state index is 13.1. The third kappa shape index (κ3) is 7.56. The van der Waals surface area contributed by atoms with Crippen LogP contribution < -0.4 is 14.2 Å². The molecule has 52 heavy (non-hydrogen) atoms. The molecule has 288 valence electrons. The number of ketones is 1. The Kier molecular flexibility index (Phi) is 11.6. The number of ether oxygens (including phenoxy) is 7. The molecular weight excluding hydrogens is 700 g/mol. The van der Waals surface area contributed by atoms with Crippen molar-refractivity contribution in [1.29, 1.82) is 0 Å². The third-order valence-electron chi connectivity index (χ3n) is 9.48. The number of rotatable bonds is 9. The van der Waals surface area contributed by atoms with Gasteiger partial charge in [0.15, 0.2) is 12.1 Å². The molecule has 4 aliphatic rings. The predicted octanol–water partition coefficient (Wildman–Crippen LogP) is -3.69. The molecule has 0 aromatic heterocycles. The smallest absolute Gasteiger partial charge is 0.229 e. The molecule has 3 fully saturated rings. The Balaban J connectivity index is 1.12. The van der Waals surface area contributed by atoms with Crippen molar-refractivity contribution < 1.29 is 94.1 Å². The van der Waals surface area contributed by atoms with E-state index < -0.39 is 123 Å². The summed E-state index contributed by atoms with van der Waals surface area (Å²) in [4.78, 5) is 13.1. The molecule has 2 aromatic carbocycles. The maximum Gasteiger partial charge on any atom is 0.229 e. The van der Waals surface area contributed by atoms with Gasteiger partial charge in [0.05, 0.1) is 25.7 Å². The summed E-state index contributed by atoms with van der Waals surface area (Å²) in [6, 6.07) is 8.41. The first-order chi connectivity index (χ1) is 24.7. The van der Waals surface area contributed by atoms with Gasteiger partial charge in [-0.15, -0.1) is 0 Å². The van der Waals surface area contributed by atoms with Gasteiger partial charge in [0.25, 0.3) is 0 Å². The Labute approximate surface area is 295 Å². The number of phenolic OH excluding ortho intramolecular Hbond substituents is 1. The van der Waals surface area contributed by atoms with Crippen LogP contribution in [0.3, 0.4) is 0 Å². The second-order valence-corrected chi connectivity index (χ2v) is 13.1. The number of aliphatic hydroxyl groups excluding tert-OH is 10. The van der Waals surface area contributed by atoms with Crippen LogP contribution >= 0.6 is 0 Å². The van der Waals surface area contributed by atoms with Gasteiger partial charge in [-0.1, -0.05) is 12.1 Å². The standard InChI is InChI=1S/C33H42O19/c1-11-22(37)25(40)28(43)31(47-11)46-10-20-24(39)27(42)30(45)33(52-20)49-14-6-15(35)21-16(36)8-17(50-18(21)7-14)12-2-4-13(5-3-12)48-32-29(44)26(41)23(38)19(9-34)51-32/h2-7,11,17,19-20,22-35,37-45H,8-10H2,1H3. The van der Waals surface area contributed by atoms with E-state index in [1.54, 1.807) is 12.1 Å². The molecule has 19 heteroatoms. The van der Waals surface area contributed by atoms with E-state index in [-0.39, 0.29) is 29.2 Å². The molecule has 19 nitrogen and oxygen atoms in total. The lowest BCUT2D eigenvalue weighted by Crippen LogP contribution is -2.61. The highest BCUT2D eigenvalue weighted by Crippen LogP contribution is 2.43. The van der Waals surface area contributed by atoms with Gasteiger partial charge in [-0.3, -0.25) is 4.79 Å². The molecule has 4 heterocycles. The number of benzene rings is 2. The lowest BCUT2D eigenvalue weighted by molar-refractivity contribution is -0.318. The van der Waals surface area contributed by atoms with Crippen LogP contribution in [0.25, 0.3) is 0 Å². The average Bonchev–Trinajstić information content (AvgIpc) is 3.12. The third-order valence-corrected chi connectivity index (χ3v) is 9.48. The fourth-order valence-corrected chi connectivity index (χ4v) is 6.36. The summed E-state index contributed by atoms with van der Waals surface area (Å²) < 4.78 is 39.2. The Morgan fingerprint density at radius 2 is 1.23 bits per heavy atom. The van der Waals surface area contributed by atoms with E-state index in [4.69, 9.17) is 33.2 Å². The summed E-state index contributed by atoms with van der Waals surface area (Å²) in [7, 11) is 0. The van der Waals surface area contributed by atoms with E-state index in [1.807, 2.05) is 0 Å². The van der Waals surface area contributed by atoms with Crippen LogP contribution in [0, 0.1) is 0 Å². The molecule has 0 saturated carbocycles. The van der Waals surface area contributed by atoms with E-state index >= 15 is 0 Å². The largest absolute Gasteiger partial charge is 0.507 e. The zero-order valence-electron chi connectivity index (χ0n) is 27.5. The van der Waals surface area contributed by atoms with Crippen molar-refractivity contribution in [2.24, 2.45) is 0 Å². The molecule has 3 saturated heterocycles. The normalized spacial score (nSPS) is 40.8. The Morgan fingerprint density at radius 3 is 1.87 bits per heavy atom. The summed E-state index contributed by atoms with van der Waals surface area (Å²) in [5, 5.41) is 112. The van der Waals surface area contributed by atoms with Crippen LogP contribution in [0.5, 0.6) is 23.0 Å². The van der Waals surface area contributed by atoms with Crippen LogP contribution in [-0.4, -0.2) is 167 Å². The van der Waals surface area contributed by atoms with Crippen molar-refractivity contribution in [2.75, 3.05) is 13.2 Å². The van der Waals surface area contributed by atoms with Crippen LogP contribution in [-0.2, 0) is 18.9 Å². The number of carbonyl (C=O) groups is 1. The van der Waals surface area contributed by atoms with Crippen molar-refractivity contribution >= 4 is 5.78 Å². The maximum absolute atomic E-state index is 13.1. The van der Waals surface area contributed by atoms with Crippen LogP contribution in [0.1, 0.15) is 35.4 Å². The molecule has 0 radical (unpaired) electrons. The first-order valence-electron chi connectivity index (χ1n) is 16.5. The SMILES string of the molecule is CC1OC(OCC2OC(Oc3cc(O)c4c(c3)OC(c3ccc(OC5OC(CO)C(O)C(O)C5O)cc3)CC4=O)C(O)C(O)C2O)C(O)C(O)C1O. The zero-order chi connectivity index (χ0) is 37.6. The first kappa shape index (κ1) is 38.5. The quantitative estimate of drug-likeness (QED) is 0.118. The summed E-state index contributed by atoms with van der Waals surface area (Å²) in [6.07, 6.45) is -23.7. The number of fused-ring (bicyclic) bond motifs is 1. The molecular formula is C33H42O19. The van der Waals surface area contributed by atoms with Gasteiger partial charge >= 0.3 is 0 Å². The van der Waals surface area contributed by atoms with Crippen LogP contribution in [0.15, 0.2) is 36.4 Å². The molecule has 0 spiro atoms. The lowest BCUT2D eigenvalue weighted by Gasteiger charge is -2.42. The van der Waals surface area contributed by atoms with Crippen molar-refractivity contribution in [3.63, 3.8) is 0 Å². The average molecular weight is 743 g/mol. The second kappa shape index (κ2) is 15.6. The van der Waals surface area contributed by atoms with Gasteiger partial charge in [-0.25, -0.2) is 0 Å². The Morgan fingerprint density at radius 1 is 0.673 bits per heavy atom. The lowest BCUT2D eigenvalue weighted by atomic mass is 9.95. The number of Topliss-reactive ketones (excluding diaryl/α,β-unsaturated/α-hetero) is 1. The summed E-state index contributed by atoms with van der Waals surface area (Å²) in [6.45, 7) is 0.293. The van der Waals surface area contributed by atoms with Crippen LogP contribution in [0.4, 0.5) is 0 Å². The highest BCUT2D eigenvalue weighted by molar-refractivity contribution is 6.02. The topological polar surface area (TPSA) is 304 Å². The van der Waals surface area contributed by atoms with E-state index in [2.05, 4.69) is 0 Å². The molecule has 2 aromatic rings. The van der Waals surface area contributed by atoms with E-state index in [0.717, 1.165) is 6.07 Å². The molecule has 0 aliphatic carbocycles. The van der Waals surface area contributed by atoms with Gasteiger partial charge in [0.1, 0.15) is 102 Å². The zero-order valence-corrected chi connectivity index (χ0v) is 27.5. The van der Waals surface area contributed by atoms with Crippen LogP contribution in [0.2, 0.25) is 0 Å². The minimum Gasteiger partial charge on any atom is -0.507 e. The monoisotopic (exact) mass is 742 g/mol. The minimum atomic E-state index is -1.81. The van der Waals surface area contributed by atoms with Gasteiger partial charge in [-0.2, -0.15) is 0 Å². The van der Waals surface area contributed by atoms with E-state index in [9.17, 15) is 61.0 Å². The van der Waals surface area contributed by atoms with Crippen molar-refractivity contribution in [1.82, 2.24) is 0 Å². The summed E-state index contributed by atoms with van der Waals surface area (Å²) >= 11 is 0. The highest BCUT2D eigenvalue weighted by atomic mass is 16.7. The highest BCUT2D eigenvalue weighted by Gasteiger charge is 2.48. The number of hydrogen-bond donors (Lipinski definition) is 11. The van der Waals surface area contributed by atoms with Crippen molar-refractivity contribution in [3.8, 4) is 23.0 Å². The van der Waals surface area contributed by atoms with Crippen molar-refractivity contribution in [3.05, 3.63) is 47.5 Å². The fourth-order valence-electron chi connectivity index (χ4n) is 6.36. The number of aliphatic hydroxyl groups is 10. The number of hydrogen-bond acceptors (Lipinski definition) is 19. The van der Waals surface area contributed by atoms with Gasteiger partial charge in [-0.05, 0) is 24.6 Å². The summed E-state index contributed by atoms with van der Waals surface area (Å²) in [5.41, 5.74) is 0.367. The molecule has 6 rings (SSSR count). The number of phenols is 1. The molecule has 11 N–H and O–H groups in total. The van der Waals surface area contributed by atoms with Gasteiger partial charge in [0, 0.05) is 12.1 Å². The molecule has 16 atom stereocenters. The number of aromatic hydroxyl groups is 1. The van der Waals surface area contributed by atoms with Crippen molar-refractivity contribution in [2.45, 2.75) is 112 Å². The Hall–Kier alpha value is -3.25. The molecule has 4 aliphatic heterocycles. The van der Waals surface area contributed by atoms with E-state index in [0.29, 0.717) is 5.56 Å². The minimum absolute atomic E-state index is 0.0815. The fraction of sp³-hybridized carbons (Fsp3) is 0.606.